The Labute approximate surface area is 144 Å². The number of hydrogen-bond donors (Lipinski definition) is 2. The third kappa shape index (κ3) is 5.39. The van der Waals surface area contributed by atoms with Crippen molar-refractivity contribution in [1.82, 2.24) is 9.97 Å². The molecule has 0 saturated carbocycles. The summed E-state index contributed by atoms with van der Waals surface area (Å²) in [6.45, 7) is 4.34. The number of nitrogens with zero attached hydrogens (tertiary/aromatic N) is 1. The second-order valence-corrected chi connectivity index (χ2v) is 6.86. The predicted octanol–water partition coefficient (Wildman–Crippen LogP) is 4.80. The second-order valence-electron chi connectivity index (χ2n) is 5.94. The van der Waals surface area contributed by atoms with Gasteiger partial charge in [0.25, 0.3) is 0 Å². The molecule has 0 saturated heterocycles. The van der Waals surface area contributed by atoms with Crippen LogP contribution in [0.1, 0.15) is 45.0 Å². The maximum atomic E-state index is 11.2. The number of imidazole rings is 1. The standard InChI is InChI=1S/C17H22BrN3O2/c1-11(2)5-3-8-15(23-17(19)22)16-20-10-14(21-16)12-6-4-7-13(18)9-12/h4,6-7,9-11,15H,3,5,8H2,1-2H3,(H2,19,22)(H,20,21). The fourth-order valence-electron chi connectivity index (χ4n) is 2.41. The van der Waals surface area contributed by atoms with Crippen molar-refractivity contribution in [2.24, 2.45) is 11.7 Å². The molecule has 6 heteroatoms. The number of carbonyl (C=O) groups is 1. The average molecular weight is 380 g/mol. The van der Waals surface area contributed by atoms with Crippen LogP contribution in [0, 0.1) is 5.92 Å². The SMILES string of the molecule is CC(C)CCCC(OC(N)=O)c1ncc(-c2cccc(Br)c2)[nH]1. The Hall–Kier alpha value is -1.82. The van der Waals surface area contributed by atoms with Crippen molar-refractivity contribution in [1.29, 1.82) is 0 Å². The van der Waals surface area contributed by atoms with E-state index in [1.54, 1.807) is 6.20 Å². The molecule has 1 unspecified atom stereocenters. The fraction of sp³-hybridized carbons (Fsp3) is 0.412. The molecule has 1 aromatic heterocycles. The zero-order valence-corrected chi connectivity index (χ0v) is 15.0. The van der Waals surface area contributed by atoms with Gasteiger partial charge in [-0.25, -0.2) is 9.78 Å². The van der Waals surface area contributed by atoms with Crippen molar-refractivity contribution in [2.75, 3.05) is 0 Å². The lowest BCUT2D eigenvalue weighted by molar-refractivity contribution is 0.0942. The topological polar surface area (TPSA) is 81.0 Å². The van der Waals surface area contributed by atoms with Crippen LogP contribution in [0.4, 0.5) is 4.79 Å². The first-order valence-corrected chi connectivity index (χ1v) is 8.52. The first-order chi connectivity index (χ1) is 11.0. The van der Waals surface area contributed by atoms with Crippen LogP contribution in [-0.2, 0) is 4.74 Å². The Morgan fingerprint density at radius 1 is 1.39 bits per heavy atom. The van der Waals surface area contributed by atoms with Crippen molar-refractivity contribution in [3.8, 4) is 11.3 Å². The Morgan fingerprint density at radius 3 is 2.83 bits per heavy atom. The molecular formula is C17H22BrN3O2. The van der Waals surface area contributed by atoms with Crippen molar-refractivity contribution in [3.05, 3.63) is 40.8 Å². The minimum absolute atomic E-state index is 0.438. The van der Waals surface area contributed by atoms with Gasteiger partial charge in [0.05, 0.1) is 11.9 Å². The monoisotopic (exact) mass is 379 g/mol. The van der Waals surface area contributed by atoms with Crippen LogP contribution in [0.5, 0.6) is 0 Å². The molecule has 0 aliphatic heterocycles. The smallest absolute Gasteiger partial charge is 0.405 e. The summed E-state index contributed by atoms with van der Waals surface area (Å²) in [4.78, 5) is 18.8. The lowest BCUT2D eigenvalue weighted by Gasteiger charge is -2.15. The van der Waals surface area contributed by atoms with E-state index in [1.165, 1.54) is 0 Å². The molecule has 0 radical (unpaired) electrons. The number of amides is 1. The van der Waals surface area contributed by atoms with Crippen molar-refractivity contribution in [3.63, 3.8) is 0 Å². The second kappa shape index (κ2) is 8.15. The molecule has 0 fully saturated rings. The van der Waals surface area contributed by atoms with Crippen LogP contribution in [0.25, 0.3) is 11.3 Å². The van der Waals surface area contributed by atoms with Crippen molar-refractivity contribution < 1.29 is 9.53 Å². The molecule has 0 bridgehead atoms. The number of nitrogens with two attached hydrogens (primary N) is 1. The molecule has 23 heavy (non-hydrogen) atoms. The van der Waals surface area contributed by atoms with E-state index >= 15 is 0 Å². The molecule has 124 valence electrons. The third-order valence-corrected chi connectivity index (χ3v) is 4.04. The lowest BCUT2D eigenvalue weighted by Crippen LogP contribution is -2.18. The Kier molecular flexibility index (Phi) is 6.21. The van der Waals surface area contributed by atoms with Gasteiger partial charge in [-0.2, -0.15) is 0 Å². The van der Waals surface area contributed by atoms with Crippen LogP contribution in [0.15, 0.2) is 34.9 Å². The van der Waals surface area contributed by atoms with E-state index < -0.39 is 12.2 Å². The van der Waals surface area contributed by atoms with Crippen LogP contribution in [-0.4, -0.2) is 16.1 Å². The molecule has 1 heterocycles. The molecule has 1 amide bonds. The molecule has 2 aromatic rings. The zero-order valence-electron chi connectivity index (χ0n) is 13.4. The van der Waals surface area contributed by atoms with Gasteiger partial charge in [-0.1, -0.05) is 48.3 Å². The van der Waals surface area contributed by atoms with Gasteiger partial charge in [0.2, 0.25) is 0 Å². The number of H-pyrrole nitrogens is 1. The van der Waals surface area contributed by atoms with Gasteiger partial charge in [-0.05, 0) is 30.9 Å². The van der Waals surface area contributed by atoms with Crippen molar-refractivity contribution >= 4 is 22.0 Å². The number of rotatable bonds is 7. The third-order valence-electron chi connectivity index (χ3n) is 3.54. The van der Waals surface area contributed by atoms with E-state index in [0.29, 0.717) is 18.2 Å². The van der Waals surface area contributed by atoms with E-state index in [1.807, 2.05) is 24.3 Å². The van der Waals surface area contributed by atoms with E-state index in [9.17, 15) is 4.79 Å². The quantitative estimate of drug-likeness (QED) is 0.724. The number of aromatic amines is 1. The molecule has 0 aliphatic carbocycles. The highest BCUT2D eigenvalue weighted by Gasteiger charge is 2.19. The summed E-state index contributed by atoms with van der Waals surface area (Å²) >= 11 is 3.46. The van der Waals surface area contributed by atoms with Gasteiger partial charge < -0.3 is 15.5 Å². The summed E-state index contributed by atoms with van der Waals surface area (Å²) in [5, 5.41) is 0. The highest BCUT2D eigenvalue weighted by atomic mass is 79.9. The lowest BCUT2D eigenvalue weighted by atomic mass is 10.0. The number of hydrogen-bond acceptors (Lipinski definition) is 3. The molecule has 1 atom stereocenters. The summed E-state index contributed by atoms with van der Waals surface area (Å²) < 4.78 is 6.22. The Morgan fingerprint density at radius 2 is 2.17 bits per heavy atom. The zero-order chi connectivity index (χ0) is 16.8. The number of halogens is 1. The largest absolute Gasteiger partial charge is 0.438 e. The van der Waals surface area contributed by atoms with Crippen LogP contribution >= 0.6 is 15.9 Å². The van der Waals surface area contributed by atoms with Crippen LogP contribution in [0.3, 0.4) is 0 Å². The summed E-state index contributed by atoms with van der Waals surface area (Å²) in [5.41, 5.74) is 7.08. The minimum atomic E-state index is -0.778. The number of primary amides is 1. The molecule has 5 nitrogen and oxygen atoms in total. The van der Waals surface area contributed by atoms with Gasteiger partial charge in [-0.15, -0.1) is 0 Å². The van der Waals surface area contributed by atoms with Gasteiger partial charge >= 0.3 is 6.09 Å². The maximum Gasteiger partial charge on any atom is 0.405 e. The molecular weight excluding hydrogens is 358 g/mol. The predicted molar refractivity (Wildman–Crippen MR) is 93.8 cm³/mol. The molecule has 3 N–H and O–H groups in total. The number of nitrogens with one attached hydrogen (secondary N) is 1. The molecule has 0 aliphatic rings. The van der Waals surface area contributed by atoms with E-state index in [2.05, 4.69) is 39.7 Å². The van der Waals surface area contributed by atoms with Gasteiger partial charge in [0.15, 0.2) is 6.10 Å². The molecule has 1 aromatic carbocycles. The first-order valence-electron chi connectivity index (χ1n) is 7.72. The maximum absolute atomic E-state index is 11.2. The highest BCUT2D eigenvalue weighted by Crippen LogP contribution is 2.26. The number of carbonyl (C=O) groups excluding carboxylic acids is 1. The summed E-state index contributed by atoms with van der Waals surface area (Å²) in [6.07, 6.45) is 3.25. The number of ether oxygens (including phenoxy) is 1. The Bertz CT molecular complexity index is 655. The summed E-state index contributed by atoms with van der Waals surface area (Å²) in [6, 6.07) is 7.91. The summed E-state index contributed by atoms with van der Waals surface area (Å²) in [5.74, 6) is 1.24. The normalized spacial score (nSPS) is 12.3. The van der Waals surface area contributed by atoms with Crippen molar-refractivity contribution in [2.45, 2.75) is 39.2 Å². The van der Waals surface area contributed by atoms with Gasteiger partial charge in [-0.3, -0.25) is 0 Å². The van der Waals surface area contributed by atoms with Gasteiger partial charge in [0, 0.05) is 10.0 Å². The number of aromatic nitrogens is 2. The molecule has 0 spiro atoms. The minimum Gasteiger partial charge on any atom is -0.438 e. The van der Waals surface area contributed by atoms with E-state index in [-0.39, 0.29) is 0 Å². The van der Waals surface area contributed by atoms with E-state index in [0.717, 1.165) is 28.6 Å². The van der Waals surface area contributed by atoms with Gasteiger partial charge in [0.1, 0.15) is 5.82 Å². The van der Waals surface area contributed by atoms with Crippen LogP contribution in [0.2, 0.25) is 0 Å². The fourth-order valence-corrected chi connectivity index (χ4v) is 2.81. The number of benzene rings is 1. The summed E-state index contributed by atoms with van der Waals surface area (Å²) in [7, 11) is 0. The highest BCUT2D eigenvalue weighted by molar-refractivity contribution is 9.10. The van der Waals surface area contributed by atoms with Crippen LogP contribution < -0.4 is 5.73 Å². The van der Waals surface area contributed by atoms with E-state index in [4.69, 9.17) is 10.5 Å². The average Bonchev–Trinajstić information content (AvgIpc) is 2.95. The Balaban J connectivity index is 2.14. The first kappa shape index (κ1) is 17.5. The molecule has 2 rings (SSSR count).